The highest BCUT2D eigenvalue weighted by molar-refractivity contribution is 7.17. The first-order valence-electron chi connectivity index (χ1n) is 8.52. The maximum absolute atomic E-state index is 11.8. The Balaban J connectivity index is 1.90. The predicted molar refractivity (Wildman–Crippen MR) is 100 cm³/mol. The van der Waals surface area contributed by atoms with Crippen LogP contribution in [0.5, 0.6) is 0 Å². The number of nitrogens with zero attached hydrogens (tertiary/aromatic N) is 2. The predicted octanol–water partition coefficient (Wildman–Crippen LogP) is 4.24. The van der Waals surface area contributed by atoms with E-state index in [0.29, 0.717) is 6.42 Å². The molecular weight excluding hydrogens is 332 g/mol. The van der Waals surface area contributed by atoms with Gasteiger partial charge in [0.1, 0.15) is 6.04 Å². The molecule has 1 fully saturated rings. The van der Waals surface area contributed by atoms with Crippen molar-refractivity contribution in [3.05, 3.63) is 64.8 Å². The number of aliphatic carboxylic acids is 1. The zero-order valence-electron chi connectivity index (χ0n) is 14.1. The molecule has 25 heavy (non-hydrogen) atoms. The summed E-state index contributed by atoms with van der Waals surface area (Å²) >= 11 is 1.72. The smallest absolute Gasteiger partial charge is 0.320 e. The number of benzene rings is 1. The summed E-state index contributed by atoms with van der Waals surface area (Å²) in [5.74, 6) is -0.728. The Morgan fingerprint density at radius 2 is 2.16 bits per heavy atom. The van der Waals surface area contributed by atoms with E-state index in [-0.39, 0.29) is 6.04 Å². The molecule has 1 aromatic carbocycles. The highest BCUT2D eigenvalue weighted by Crippen LogP contribution is 2.41. The molecule has 3 heterocycles. The van der Waals surface area contributed by atoms with Crippen LogP contribution in [0.2, 0.25) is 0 Å². The molecule has 4 nitrogen and oxygen atoms in total. The average molecular weight is 352 g/mol. The molecule has 1 aliphatic heterocycles. The number of carboxylic acids is 1. The van der Waals surface area contributed by atoms with Crippen molar-refractivity contribution in [2.24, 2.45) is 0 Å². The van der Waals surface area contributed by atoms with E-state index in [1.807, 2.05) is 24.4 Å². The number of aromatic nitrogens is 1. The lowest BCUT2D eigenvalue weighted by atomic mass is 9.94. The maximum atomic E-state index is 11.8. The monoisotopic (exact) mass is 352 g/mol. The van der Waals surface area contributed by atoms with Gasteiger partial charge in [0, 0.05) is 23.6 Å². The Labute approximate surface area is 150 Å². The van der Waals surface area contributed by atoms with Gasteiger partial charge in [0.15, 0.2) is 0 Å². The van der Waals surface area contributed by atoms with E-state index in [9.17, 15) is 9.90 Å². The first kappa shape index (κ1) is 16.2. The number of hydrogen-bond acceptors (Lipinski definition) is 4. The molecule has 5 heteroatoms. The fourth-order valence-electron chi connectivity index (χ4n) is 3.89. The number of carbonyl (C=O) groups is 1. The van der Waals surface area contributed by atoms with E-state index in [0.717, 1.165) is 24.1 Å². The van der Waals surface area contributed by atoms with E-state index >= 15 is 0 Å². The normalized spacial score (nSPS) is 19.3. The van der Waals surface area contributed by atoms with Gasteiger partial charge >= 0.3 is 5.97 Å². The SMILES string of the molecule is Cc1cnccc1C(c1csc2ccccc12)N1CCCC1C(=O)O. The first-order valence-corrected chi connectivity index (χ1v) is 9.40. The Morgan fingerprint density at radius 3 is 2.96 bits per heavy atom. The molecule has 2 aromatic heterocycles. The third-order valence-corrected chi connectivity index (χ3v) is 6.06. The zero-order chi connectivity index (χ0) is 17.4. The van der Waals surface area contributed by atoms with E-state index in [2.05, 4.69) is 34.3 Å². The van der Waals surface area contributed by atoms with Crippen LogP contribution in [0.1, 0.15) is 35.6 Å². The van der Waals surface area contributed by atoms with Gasteiger partial charge in [-0.1, -0.05) is 18.2 Å². The number of pyridine rings is 1. The molecule has 128 valence electrons. The molecule has 0 saturated carbocycles. The summed E-state index contributed by atoms with van der Waals surface area (Å²) in [5, 5.41) is 13.1. The van der Waals surface area contributed by atoms with E-state index in [4.69, 9.17) is 0 Å². The molecule has 0 amide bonds. The maximum Gasteiger partial charge on any atom is 0.320 e. The molecule has 1 aliphatic rings. The molecule has 0 bridgehead atoms. The van der Waals surface area contributed by atoms with Crippen molar-refractivity contribution in [1.29, 1.82) is 0 Å². The second kappa shape index (κ2) is 6.58. The summed E-state index contributed by atoms with van der Waals surface area (Å²) in [4.78, 5) is 18.2. The van der Waals surface area contributed by atoms with Crippen molar-refractivity contribution in [2.45, 2.75) is 31.8 Å². The van der Waals surface area contributed by atoms with Crippen LogP contribution in [0.3, 0.4) is 0 Å². The van der Waals surface area contributed by atoms with Crippen LogP contribution < -0.4 is 0 Å². The summed E-state index contributed by atoms with van der Waals surface area (Å²) in [7, 11) is 0. The fraction of sp³-hybridized carbons (Fsp3) is 0.300. The topological polar surface area (TPSA) is 53.4 Å². The van der Waals surface area contributed by atoms with Crippen LogP contribution in [0.4, 0.5) is 0 Å². The highest BCUT2D eigenvalue weighted by atomic mass is 32.1. The number of hydrogen-bond donors (Lipinski definition) is 1. The van der Waals surface area contributed by atoms with Gasteiger partial charge in [0.05, 0.1) is 6.04 Å². The largest absolute Gasteiger partial charge is 0.480 e. The second-order valence-electron chi connectivity index (χ2n) is 6.56. The van der Waals surface area contributed by atoms with Crippen molar-refractivity contribution in [2.75, 3.05) is 6.54 Å². The lowest BCUT2D eigenvalue weighted by Gasteiger charge is -2.32. The van der Waals surface area contributed by atoms with Crippen LogP contribution in [-0.2, 0) is 4.79 Å². The lowest BCUT2D eigenvalue weighted by molar-refractivity contribution is -0.142. The average Bonchev–Trinajstić information content (AvgIpc) is 3.25. The molecule has 1 N–H and O–H groups in total. The Morgan fingerprint density at radius 1 is 1.32 bits per heavy atom. The van der Waals surface area contributed by atoms with Crippen molar-refractivity contribution >= 4 is 27.4 Å². The molecule has 1 saturated heterocycles. The molecule has 0 spiro atoms. The zero-order valence-corrected chi connectivity index (χ0v) is 14.9. The van der Waals surface area contributed by atoms with Crippen LogP contribution in [0, 0.1) is 6.92 Å². The third-order valence-electron chi connectivity index (χ3n) is 5.07. The Kier molecular flexibility index (Phi) is 4.27. The number of fused-ring (bicyclic) bond motifs is 1. The molecule has 2 unspecified atom stereocenters. The van der Waals surface area contributed by atoms with Crippen molar-refractivity contribution in [3.63, 3.8) is 0 Å². The minimum atomic E-state index is -0.728. The standard InChI is InChI=1S/C20H20N2O2S/c1-13-11-21-9-8-14(13)19(22-10-4-6-17(22)20(23)24)16-12-25-18-7-3-2-5-15(16)18/h2-3,5,7-9,11-12,17,19H,4,6,10H2,1H3,(H,23,24). The summed E-state index contributed by atoms with van der Waals surface area (Å²) in [6, 6.07) is 9.90. The van der Waals surface area contributed by atoms with Crippen molar-refractivity contribution in [3.8, 4) is 0 Å². The molecule has 2 atom stereocenters. The van der Waals surface area contributed by atoms with Crippen molar-refractivity contribution in [1.82, 2.24) is 9.88 Å². The van der Waals surface area contributed by atoms with E-state index in [1.54, 1.807) is 17.5 Å². The van der Waals surface area contributed by atoms with Gasteiger partial charge in [0.2, 0.25) is 0 Å². The van der Waals surface area contributed by atoms with Gasteiger partial charge in [0.25, 0.3) is 0 Å². The number of thiophene rings is 1. The first-order chi connectivity index (χ1) is 12.2. The molecule has 0 radical (unpaired) electrons. The quantitative estimate of drug-likeness (QED) is 0.763. The summed E-state index contributed by atoms with van der Waals surface area (Å²) < 4.78 is 1.24. The number of likely N-dealkylation sites (tertiary alicyclic amines) is 1. The Bertz CT molecular complexity index is 921. The Hall–Kier alpha value is -2.24. The summed E-state index contributed by atoms with van der Waals surface area (Å²) in [5.41, 5.74) is 3.44. The number of aryl methyl sites for hydroxylation is 1. The van der Waals surface area contributed by atoms with Gasteiger partial charge < -0.3 is 5.11 Å². The highest BCUT2D eigenvalue weighted by Gasteiger charge is 2.38. The van der Waals surface area contributed by atoms with Gasteiger partial charge in [-0.3, -0.25) is 14.7 Å². The van der Waals surface area contributed by atoms with Crippen LogP contribution in [0.25, 0.3) is 10.1 Å². The summed E-state index contributed by atoms with van der Waals surface area (Å²) in [6.07, 6.45) is 5.29. The minimum absolute atomic E-state index is 0.0530. The van der Waals surface area contributed by atoms with Crippen LogP contribution in [-0.4, -0.2) is 33.5 Å². The molecule has 4 rings (SSSR count). The van der Waals surface area contributed by atoms with E-state index < -0.39 is 12.0 Å². The van der Waals surface area contributed by atoms with Crippen LogP contribution in [0.15, 0.2) is 48.1 Å². The van der Waals surface area contributed by atoms with Gasteiger partial charge in [-0.05, 0) is 59.4 Å². The molecular formula is C20H20N2O2S. The van der Waals surface area contributed by atoms with Gasteiger partial charge in [-0.2, -0.15) is 0 Å². The second-order valence-corrected chi connectivity index (χ2v) is 7.47. The fourth-order valence-corrected chi connectivity index (χ4v) is 4.87. The molecule has 3 aromatic rings. The number of rotatable bonds is 4. The third kappa shape index (κ3) is 2.83. The van der Waals surface area contributed by atoms with Gasteiger partial charge in [-0.15, -0.1) is 11.3 Å². The summed E-state index contributed by atoms with van der Waals surface area (Å²) in [6.45, 7) is 2.85. The van der Waals surface area contributed by atoms with Gasteiger partial charge in [-0.25, -0.2) is 0 Å². The number of carboxylic acid groups (broad SMARTS) is 1. The van der Waals surface area contributed by atoms with E-state index in [1.165, 1.54) is 15.6 Å². The minimum Gasteiger partial charge on any atom is -0.480 e. The van der Waals surface area contributed by atoms with Crippen LogP contribution >= 0.6 is 11.3 Å². The lowest BCUT2D eigenvalue weighted by Crippen LogP contribution is -2.39. The van der Waals surface area contributed by atoms with Crippen molar-refractivity contribution < 1.29 is 9.90 Å². The molecule has 0 aliphatic carbocycles.